The van der Waals surface area contributed by atoms with Crippen LogP contribution in [0.4, 0.5) is 0 Å². The smallest absolute Gasteiger partial charge is 0.161 e. The molecule has 0 saturated carbocycles. The Morgan fingerprint density at radius 3 is 0.781 bits per heavy atom. The summed E-state index contributed by atoms with van der Waals surface area (Å²) in [5.41, 5.74) is 0. The summed E-state index contributed by atoms with van der Waals surface area (Å²) < 4.78 is 45.3. The van der Waals surface area contributed by atoms with Crippen molar-refractivity contribution in [3.8, 4) is 23.0 Å². The van der Waals surface area contributed by atoms with Crippen LogP contribution in [0.2, 0.25) is 0 Å². The molecule has 0 bridgehead atoms. The molecular weight excluding hydrogens is 416 g/mol. The van der Waals surface area contributed by atoms with Crippen LogP contribution in [0, 0.1) is 0 Å². The van der Waals surface area contributed by atoms with Gasteiger partial charge in [0.1, 0.15) is 26.4 Å². The van der Waals surface area contributed by atoms with Crippen molar-refractivity contribution in [2.45, 2.75) is 0 Å². The second kappa shape index (κ2) is 15.3. The van der Waals surface area contributed by atoms with Crippen molar-refractivity contribution >= 4 is 0 Å². The first-order chi connectivity index (χ1) is 15.9. The standard InChI is InChI=1S/C24H32O8/c1-3-7-23-21(5-1)29-17-13-26-11-9-25-10-12-27-14-18-30-22-6-2-4-8-24(22)32-20-16-28-15-19-31-23/h1-8H,9-20H2. The summed E-state index contributed by atoms with van der Waals surface area (Å²) >= 11 is 0. The molecule has 0 aliphatic carbocycles. The lowest BCUT2D eigenvalue weighted by Crippen LogP contribution is -2.15. The minimum atomic E-state index is 0.411. The van der Waals surface area contributed by atoms with E-state index in [0.717, 1.165) is 0 Å². The molecule has 0 spiro atoms. The zero-order chi connectivity index (χ0) is 22.1. The van der Waals surface area contributed by atoms with Crippen LogP contribution in [0.5, 0.6) is 23.0 Å². The van der Waals surface area contributed by atoms with E-state index in [9.17, 15) is 0 Å². The Morgan fingerprint density at radius 2 is 0.531 bits per heavy atom. The predicted octanol–water partition coefficient (Wildman–Crippen LogP) is 2.98. The van der Waals surface area contributed by atoms with Gasteiger partial charge in [-0.15, -0.1) is 0 Å². The molecule has 0 N–H and O–H groups in total. The Labute approximate surface area is 189 Å². The van der Waals surface area contributed by atoms with Crippen LogP contribution >= 0.6 is 0 Å². The maximum atomic E-state index is 5.80. The third kappa shape index (κ3) is 9.32. The average molecular weight is 449 g/mol. The van der Waals surface area contributed by atoms with E-state index in [-0.39, 0.29) is 0 Å². The molecule has 8 nitrogen and oxygen atoms in total. The first-order valence-electron chi connectivity index (χ1n) is 10.9. The summed E-state index contributed by atoms with van der Waals surface area (Å²) in [5, 5.41) is 0. The van der Waals surface area contributed by atoms with Crippen LogP contribution in [0.3, 0.4) is 0 Å². The zero-order valence-corrected chi connectivity index (χ0v) is 18.4. The van der Waals surface area contributed by atoms with Crippen LogP contribution in [-0.4, -0.2) is 79.3 Å². The molecule has 1 heterocycles. The van der Waals surface area contributed by atoms with E-state index in [4.69, 9.17) is 37.9 Å². The molecule has 0 amide bonds. The van der Waals surface area contributed by atoms with Crippen molar-refractivity contribution in [1.82, 2.24) is 0 Å². The first kappa shape index (κ1) is 24.1. The summed E-state index contributed by atoms with van der Waals surface area (Å²) in [7, 11) is 0. The molecule has 176 valence electrons. The van der Waals surface area contributed by atoms with Gasteiger partial charge in [0.15, 0.2) is 23.0 Å². The van der Waals surface area contributed by atoms with Crippen LogP contribution in [-0.2, 0) is 18.9 Å². The van der Waals surface area contributed by atoms with E-state index in [1.54, 1.807) is 0 Å². The van der Waals surface area contributed by atoms with Gasteiger partial charge in [-0.2, -0.15) is 0 Å². The van der Waals surface area contributed by atoms with E-state index in [0.29, 0.717) is 102 Å². The monoisotopic (exact) mass is 448 g/mol. The Kier molecular flexibility index (Phi) is 11.5. The molecule has 1 aliphatic rings. The van der Waals surface area contributed by atoms with Gasteiger partial charge in [-0.3, -0.25) is 0 Å². The zero-order valence-electron chi connectivity index (χ0n) is 18.4. The Morgan fingerprint density at radius 1 is 0.312 bits per heavy atom. The fraction of sp³-hybridized carbons (Fsp3) is 0.500. The second-order valence-electron chi connectivity index (χ2n) is 6.74. The van der Waals surface area contributed by atoms with Gasteiger partial charge in [-0.1, -0.05) is 24.3 Å². The number of rotatable bonds is 0. The van der Waals surface area contributed by atoms with Gasteiger partial charge < -0.3 is 37.9 Å². The SMILES string of the molecule is c1ccc2c(c1)OCCOCCOCCOCCOc1ccccc1OCCOCCO2. The largest absolute Gasteiger partial charge is 0.487 e. The number of para-hydroxylation sites is 4. The van der Waals surface area contributed by atoms with Gasteiger partial charge in [-0.25, -0.2) is 0 Å². The predicted molar refractivity (Wildman–Crippen MR) is 118 cm³/mol. The number of fused-ring (bicyclic) bond motifs is 2. The van der Waals surface area contributed by atoms with E-state index in [2.05, 4.69) is 0 Å². The quantitative estimate of drug-likeness (QED) is 0.609. The van der Waals surface area contributed by atoms with Crippen LogP contribution in [0.25, 0.3) is 0 Å². The molecule has 2 aromatic rings. The van der Waals surface area contributed by atoms with Crippen molar-refractivity contribution in [1.29, 1.82) is 0 Å². The molecule has 0 atom stereocenters. The van der Waals surface area contributed by atoms with Gasteiger partial charge in [0.2, 0.25) is 0 Å². The highest BCUT2D eigenvalue weighted by Gasteiger charge is 2.06. The highest BCUT2D eigenvalue weighted by atomic mass is 16.6. The van der Waals surface area contributed by atoms with Gasteiger partial charge in [-0.05, 0) is 24.3 Å². The maximum Gasteiger partial charge on any atom is 0.161 e. The fourth-order valence-corrected chi connectivity index (χ4v) is 2.86. The molecule has 32 heavy (non-hydrogen) atoms. The fourth-order valence-electron chi connectivity index (χ4n) is 2.86. The van der Waals surface area contributed by atoms with E-state index in [1.807, 2.05) is 48.5 Å². The van der Waals surface area contributed by atoms with Crippen LogP contribution in [0.1, 0.15) is 0 Å². The van der Waals surface area contributed by atoms with Crippen molar-refractivity contribution in [3.05, 3.63) is 48.5 Å². The van der Waals surface area contributed by atoms with E-state index < -0.39 is 0 Å². The number of benzene rings is 2. The van der Waals surface area contributed by atoms with Crippen molar-refractivity contribution in [2.24, 2.45) is 0 Å². The Hall–Kier alpha value is -2.52. The first-order valence-corrected chi connectivity index (χ1v) is 10.9. The van der Waals surface area contributed by atoms with Gasteiger partial charge >= 0.3 is 0 Å². The highest BCUT2D eigenvalue weighted by Crippen LogP contribution is 2.27. The lowest BCUT2D eigenvalue weighted by molar-refractivity contribution is 0.00453. The number of hydrogen-bond donors (Lipinski definition) is 0. The Bertz CT molecular complexity index is 693. The molecular formula is C24H32O8. The molecule has 8 heteroatoms. The second-order valence-corrected chi connectivity index (χ2v) is 6.74. The highest BCUT2D eigenvalue weighted by molar-refractivity contribution is 5.40. The minimum absolute atomic E-state index is 0.411. The lowest BCUT2D eigenvalue weighted by atomic mass is 10.3. The molecule has 0 radical (unpaired) electrons. The normalized spacial score (nSPS) is 18.2. The molecule has 0 fully saturated rings. The lowest BCUT2D eigenvalue weighted by Gasteiger charge is -2.14. The summed E-state index contributed by atoms with van der Waals surface area (Å²) in [6.45, 7) is 5.50. The van der Waals surface area contributed by atoms with Gasteiger partial charge in [0, 0.05) is 0 Å². The number of hydrogen-bond acceptors (Lipinski definition) is 8. The molecule has 1 aliphatic heterocycles. The summed E-state index contributed by atoms with van der Waals surface area (Å²) in [4.78, 5) is 0. The Balaban J connectivity index is 1.47. The van der Waals surface area contributed by atoms with Crippen molar-refractivity contribution in [2.75, 3.05) is 79.3 Å². The molecule has 2 aromatic carbocycles. The molecule has 0 unspecified atom stereocenters. The van der Waals surface area contributed by atoms with E-state index >= 15 is 0 Å². The van der Waals surface area contributed by atoms with Crippen molar-refractivity contribution in [3.63, 3.8) is 0 Å². The maximum absolute atomic E-state index is 5.80. The van der Waals surface area contributed by atoms with Gasteiger partial charge in [0.25, 0.3) is 0 Å². The van der Waals surface area contributed by atoms with Crippen LogP contribution < -0.4 is 18.9 Å². The number of ether oxygens (including phenoxy) is 8. The summed E-state index contributed by atoms with van der Waals surface area (Å²) in [6, 6.07) is 15.1. The third-order valence-electron chi connectivity index (χ3n) is 4.38. The van der Waals surface area contributed by atoms with E-state index in [1.165, 1.54) is 0 Å². The van der Waals surface area contributed by atoms with Crippen molar-refractivity contribution < 1.29 is 37.9 Å². The molecule has 0 saturated heterocycles. The van der Waals surface area contributed by atoms with Crippen LogP contribution in [0.15, 0.2) is 48.5 Å². The average Bonchev–Trinajstić information content (AvgIpc) is 2.82. The molecule has 3 rings (SSSR count). The third-order valence-corrected chi connectivity index (χ3v) is 4.38. The molecule has 0 aromatic heterocycles. The van der Waals surface area contributed by atoms with Gasteiger partial charge in [0.05, 0.1) is 52.9 Å². The summed E-state index contributed by atoms with van der Waals surface area (Å²) in [5.74, 6) is 2.71. The topological polar surface area (TPSA) is 73.8 Å². The summed E-state index contributed by atoms with van der Waals surface area (Å²) in [6.07, 6.45) is 0. The minimum Gasteiger partial charge on any atom is -0.487 e.